The average Bonchev–Trinajstić information content (AvgIpc) is 2.72. The standard InChI is InChI=1S/C16H27NO3/c1-3-16(4-2)9-14(19)17(15(16)20)10-12-7-5-6-8-13(12)11-18/h12-13,18H,3-11H2,1-2H3. The van der Waals surface area contributed by atoms with Crippen LogP contribution in [-0.2, 0) is 9.59 Å². The lowest BCUT2D eigenvalue weighted by atomic mass is 9.79. The normalized spacial score (nSPS) is 30.1. The number of carbonyl (C=O) groups excluding carboxylic acids is 2. The second kappa shape index (κ2) is 6.25. The Labute approximate surface area is 121 Å². The van der Waals surface area contributed by atoms with Crippen LogP contribution >= 0.6 is 0 Å². The van der Waals surface area contributed by atoms with Crippen LogP contribution in [0.2, 0.25) is 0 Å². The van der Waals surface area contributed by atoms with Gasteiger partial charge in [-0.2, -0.15) is 0 Å². The molecule has 1 saturated heterocycles. The summed E-state index contributed by atoms with van der Waals surface area (Å²) in [7, 11) is 0. The first-order valence-corrected chi connectivity index (χ1v) is 8.03. The summed E-state index contributed by atoms with van der Waals surface area (Å²) < 4.78 is 0. The Kier molecular flexibility index (Phi) is 4.84. The van der Waals surface area contributed by atoms with Crippen molar-refractivity contribution in [1.29, 1.82) is 0 Å². The smallest absolute Gasteiger partial charge is 0.235 e. The fourth-order valence-electron chi connectivity index (χ4n) is 3.85. The number of carbonyl (C=O) groups is 2. The molecule has 2 aliphatic rings. The van der Waals surface area contributed by atoms with E-state index in [0.29, 0.717) is 13.0 Å². The molecule has 2 amide bonds. The maximum Gasteiger partial charge on any atom is 0.235 e. The summed E-state index contributed by atoms with van der Waals surface area (Å²) in [6.07, 6.45) is 6.17. The second-order valence-corrected chi connectivity index (χ2v) is 6.46. The van der Waals surface area contributed by atoms with Crippen molar-refractivity contribution in [2.45, 2.75) is 58.8 Å². The van der Waals surface area contributed by atoms with Crippen molar-refractivity contribution in [1.82, 2.24) is 4.90 Å². The molecule has 0 spiro atoms. The van der Waals surface area contributed by atoms with E-state index >= 15 is 0 Å². The van der Waals surface area contributed by atoms with Gasteiger partial charge in [0.2, 0.25) is 11.8 Å². The Balaban J connectivity index is 2.09. The zero-order chi connectivity index (χ0) is 14.8. The Hall–Kier alpha value is -0.900. The Morgan fingerprint density at radius 1 is 1.15 bits per heavy atom. The van der Waals surface area contributed by atoms with Crippen molar-refractivity contribution in [3.8, 4) is 0 Å². The highest BCUT2D eigenvalue weighted by molar-refractivity contribution is 6.05. The minimum absolute atomic E-state index is 0.0130. The van der Waals surface area contributed by atoms with E-state index in [1.54, 1.807) is 0 Å². The van der Waals surface area contributed by atoms with Crippen LogP contribution in [-0.4, -0.2) is 35.0 Å². The third-order valence-electron chi connectivity index (χ3n) is 5.56. The molecular weight excluding hydrogens is 254 g/mol. The van der Waals surface area contributed by atoms with Crippen molar-refractivity contribution in [3.05, 3.63) is 0 Å². The van der Waals surface area contributed by atoms with Gasteiger partial charge in [0.1, 0.15) is 0 Å². The Morgan fingerprint density at radius 3 is 2.25 bits per heavy atom. The van der Waals surface area contributed by atoms with Gasteiger partial charge >= 0.3 is 0 Å². The molecule has 20 heavy (non-hydrogen) atoms. The van der Waals surface area contributed by atoms with Crippen LogP contribution in [0.5, 0.6) is 0 Å². The number of imide groups is 1. The van der Waals surface area contributed by atoms with Gasteiger partial charge in [0.25, 0.3) is 0 Å². The van der Waals surface area contributed by atoms with E-state index in [0.717, 1.165) is 38.5 Å². The first-order valence-electron chi connectivity index (χ1n) is 8.03. The third-order valence-corrected chi connectivity index (χ3v) is 5.56. The maximum absolute atomic E-state index is 12.6. The van der Waals surface area contributed by atoms with E-state index < -0.39 is 5.41 Å². The average molecular weight is 281 g/mol. The number of aliphatic hydroxyl groups is 1. The minimum Gasteiger partial charge on any atom is -0.396 e. The van der Waals surface area contributed by atoms with Gasteiger partial charge in [-0.3, -0.25) is 14.5 Å². The van der Waals surface area contributed by atoms with E-state index in [-0.39, 0.29) is 30.3 Å². The highest BCUT2D eigenvalue weighted by Crippen LogP contribution is 2.40. The van der Waals surface area contributed by atoms with Crippen molar-refractivity contribution in [2.75, 3.05) is 13.2 Å². The van der Waals surface area contributed by atoms with Crippen molar-refractivity contribution in [3.63, 3.8) is 0 Å². The second-order valence-electron chi connectivity index (χ2n) is 6.46. The molecule has 0 aromatic rings. The van der Waals surface area contributed by atoms with Crippen LogP contribution < -0.4 is 0 Å². The maximum atomic E-state index is 12.6. The Bertz CT molecular complexity index is 376. The van der Waals surface area contributed by atoms with Gasteiger partial charge in [0.05, 0.1) is 5.41 Å². The first-order chi connectivity index (χ1) is 9.57. The monoisotopic (exact) mass is 281 g/mol. The van der Waals surface area contributed by atoms with Crippen LogP contribution in [0.3, 0.4) is 0 Å². The van der Waals surface area contributed by atoms with E-state index in [9.17, 15) is 14.7 Å². The molecule has 4 heteroatoms. The molecule has 1 aliphatic carbocycles. The first kappa shape index (κ1) is 15.5. The van der Waals surface area contributed by atoms with Crippen molar-refractivity contribution in [2.24, 2.45) is 17.3 Å². The zero-order valence-electron chi connectivity index (χ0n) is 12.7. The van der Waals surface area contributed by atoms with E-state index in [4.69, 9.17) is 0 Å². The number of nitrogens with zero attached hydrogens (tertiary/aromatic N) is 1. The van der Waals surface area contributed by atoms with Gasteiger partial charge < -0.3 is 5.11 Å². The highest BCUT2D eigenvalue weighted by Gasteiger charge is 2.49. The predicted octanol–water partition coefficient (Wildman–Crippen LogP) is 2.35. The lowest BCUT2D eigenvalue weighted by Gasteiger charge is -2.33. The molecule has 1 N–H and O–H groups in total. The molecule has 2 unspecified atom stereocenters. The van der Waals surface area contributed by atoms with Crippen LogP contribution in [0.1, 0.15) is 58.8 Å². The molecule has 0 aromatic carbocycles. The summed E-state index contributed by atoms with van der Waals surface area (Å²) in [5, 5.41) is 9.47. The van der Waals surface area contributed by atoms with Gasteiger partial charge in [-0.15, -0.1) is 0 Å². The van der Waals surface area contributed by atoms with Crippen LogP contribution in [0, 0.1) is 17.3 Å². The molecule has 114 valence electrons. The summed E-state index contributed by atoms with van der Waals surface area (Å²) in [6.45, 7) is 4.68. The van der Waals surface area contributed by atoms with Crippen LogP contribution in [0.4, 0.5) is 0 Å². The number of hydrogen-bond acceptors (Lipinski definition) is 3. The number of likely N-dealkylation sites (tertiary alicyclic amines) is 1. The topological polar surface area (TPSA) is 57.6 Å². The fraction of sp³-hybridized carbons (Fsp3) is 0.875. The summed E-state index contributed by atoms with van der Waals surface area (Å²) >= 11 is 0. The summed E-state index contributed by atoms with van der Waals surface area (Å²) in [6, 6.07) is 0. The molecule has 1 heterocycles. The molecule has 2 atom stereocenters. The lowest BCUT2D eigenvalue weighted by molar-refractivity contribution is -0.143. The fourth-order valence-corrected chi connectivity index (χ4v) is 3.85. The number of aliphatic hydroxyl groups excluding tert-OH is 1. The predicted molar refractivity (Wildman–Crippen MR) is 76.9 cm³/mol. The zero-order valence-corrected chi connectivity index (χ0v) is 12.7. The van der Waals surface area contributed by atoms with Gasteiger partial charge in [0.15, 0.2) is 0 Å². The molecule has 2 rings (SSSR count). The molecule has 0 aromatic heterocycles. The number of rotatable bonds is 5. The molecule has 4 nitrogen and oxygen atoms in total. The molecule has 2 fully saturated rings. The summed E-state index contributed by atoms with van der Waals surface area (Å²) in [5.74, 6) is 0.546. The van der Waals surface area contributed by atoms with Crippen molar-refractivity contribution >= 4 is 11.8 Å². The number of hydrogen-bond donors (Lipinski definition) is 1. The lowest BCUT2D eigenvalue weighted by Crippen LogP contribution is -2.41. The minimum atomic E-state index is -0.458. The molecular formula is C16H27NO3. The molecule has 1 aliphatic heterocycles. The molecule has 1 saturated carbocycles. The van der Waals surface area contributed by atoms with E-state index in [1.165, 1.54) is 4.90 Å². The van der Waals surface area contributed by atoms with E-state index in [2.05, 4.69) is 0 Å². The summed E-state index contributed by atoms with van der Waals surface area (Å²) in [4.78, 5) is 26.3. The summed E-state index contributed by atoms with van der Waals surface area (Å²) in [5.41, 5.74) is -0.458. The van der Waals surface area contributed by atoms with Gasteiger partial charge in [0, 0.05) is 19.6 Å². The van der Waals surface area contributed by atoms with Gasteiger partial charge in [-0.05, 0) is 37.5 Å². The SMILES string of the molecule is CCC1(CC)CC(=O)N(CC2CCCCC2CO)C1=O. The molecule has 0 bridgehead atoms. The van der Waals surface area contributed by atoms with Crippen LogP contribution in [0.25, 0.3) is 0 Å². The van der Waals surface area contributed by atoms with Crippen molar-refractivity contribution < 1.29 is 14.7 Å². The number of amides is 2. The molecule has 0 radical (unpaired) electrons. The largest absolute Gasteiger partial charge is 0.396 e. The van der Waals surface area contributed by atoms with Gasteiger partial charge in [-0.25, -0.2) is 0 Å². The van der Waals surface area contributed by atoms with E-state index in [1.807, 2.05) is 13.8 Å². The van der Waals surface area contributed by atoms with Crippen LogP contribution in [0.15, 0.2) is 0 Å². The third kappa shape index (κ3) is 2.62. The van der Waals surface area contributed by atoms with Gasteiger partial charge in [-0.1, -0.05) is 26.7 Å². The highest BCUT2D eigenvalue weighted by atomic mass is 16.3. The Morgan fingerprint density at radius 2 is 1.75 bits per heavy atom. The quantitative estimate of drug-likeness (QED) is 0.787.